The number of hydrogen-bond donors (Lipinski definition) is 2. The van der Waals surface area contributed by atoms with Crippen LogP contribution in [0.1, 0.15) is 31.9 Å². The molecule has 1 aromatic carbocycles. The number of carboxylic acid groups (broad SMARTS) is 1. The minimum atomic E-state index is -1.17. The van der Waals surface area contributed by atoms with E-state index in [0.717, 1.165) is 12.1 Å². The fraction of sp³-hybridized carbons (Fsp3) is 0.462. The van der Waals surface area contributed by atoms with Crippen molar-refractivity contribution < 1.29 is 23.4 Å². The lowest BCUT2D eigenvalue weighted by molar-refractivity contribution is -0.147. The molecule has 0 heterocycles. The van der Waals surface area contributed by atoms with Gasteiger partial charge in [-0.25, -0.2) is 8.78 Å². The molecule has 0 fully saturated rings. The molecule has 1 aromatic rings. The second kappa shape index (κ2) is 5.52. The van der Waals surface area contributed by atoms with Crippen molar-refractivity contribution in [3.63, 3.8) is 0 Å². The van der Waals surface area contributed by atoms with Gasteiger partial charge in [0.2, 0.25) is 0 Å². The van der Waals surface area contributed by atoms with Gasteiger partial charge in [-0.2, -0.15) is 0 Å². The Bertz CT molecular complexity index is 466. The average molecular weight is 273 g/mol. The molecule has 0 aliphatic heterocycles. The van der Waals surface area contributed by atoms with Gasteiger partial charge in [0.15, 0.2) is 0 Å². The van der Waals surface area contributed by atoms with Crippen molar-refractivity contribution in [2.75, 3.05) is 7.11 Å². The van der Waals surface area contributed by atoms with Crippen LogP contribution in [0.25, 0.3) is 0 Å². The molecule has 106 valence electrons. The van der Waals surface area contributed by atoms with Crippen molar-refractivity contribution in [2.45, 2.75) is 26.3 Å². The molecule has 4 nitrogen and oxygen atoms in total. The zero-order valence-electron chi connectivity index (χ0n) is 11.0. The maximum Gasteiger partial charge on any atom is 0.309 e. The number of hydrogen-bond acceptors (Lipinski definition) is 3. The maximum atomic E-state index is 13.8. The second-order valence-electron chi connectivity index (χ2n) is 5.00. The van der Waals surface area contributed by atoms with Gasteiger partial charge >= 0.3 is 5.97 Å². The van der Waals surface area contributed by atoms with Crippen molar-refractivity contribution >= 4 is 5.97 Å². The van der Waals surface area contributed by atoms with Crippen LogP contribution in [0, 0.1) is 17.0 Å². The molecule has 6 heteroatoms. The SMILES string of the molecule is COc1cc(F)c(C(N)CC(C)(C)C(=O)O)c(F)c1. The predicted molar refractivity (Wildman–Crippen MR) is 65.9 cm³/mol. The number of ether oxygens (including phenoxy) is 1. The van der Waals surface area contributed by atoms with Crippen LogP contribution < -0.4 is 10.5 Å². The molecule has 0 bridgehead atoms. The van der Waals surface area contributed by atoms with Crippen LogP contribution in [0.5, 0.6) is 5.75 Å². The number of methoxy groups -OCH3 is 1. The Kier molecular flexibility index (Phi) is 4.47. The van der Waals surface area contributed by atoms with E-state index in [2.05, 4.69) is 0 Å². The molecule has 19 heavy (non-hydrogen) atoms. The van der Waals surface area contributed by atoms with E-state index >= 15 is 0 Å². The molecule has 1 unspecified atom stereocenters. The van der Waals surface area contributed by atoms with Gasteiger partial charge in [0.1, 0.15) is 17.4 Å². The summed E-state index contributed by atoms with van der Waals surface area (Å²) in [5.41, 5.74) is 4.24. The minimum Gasteiger partial charge on any atom is -0.497 e. The average Bonchev–Trinajstić information content (AvgIpc) is 2.26. The van der Waals surface area contributed by atoms with E-state index in [9.17, 15) is 13.6 Å². The summed E-state index contributed by atoms with van der Waals surface area (Å²) in [6.07, 6.45) is -0.0809. The lowest BCUT2D eigenvalue weighted by Crippen LogP contribution is -2.29. The third-order valence-electron chi connectivity index (χ3n) is 2.97. The first-order valence-corrected chi connectivity index (χ1v) is 5.71. The summed E-state index contributed by atoms with van der Waals surface area (Å²) in [5, 5.41) is 8.99. The highest BCUT2D eigenvalue weighted by molar-refractivity contribution is 5.73. The fourth-order valence-electron chi connectivity index (χ4n) is 1.77. The Morgan fingerprint density at radius 3 is 2.26 bits per heavy atom. The maximum absolute atomic E-state index is 13.8. The van der Waals surface area contributed by atoms with E-state index < -0.39 is 29.1 Å². The van der Waals surface area contributed by atoms with Crippen molar-refractivity contribution in [1.82, 2.24) is 0 Å². The Morgan fingerprint density at radius 2 is 1.89 bits per heavy atom. The molecule has 0 saturated heterocycles. The monoisotopic (exact) mass is 273 g/mol. The van der Waals surface area contributed by atoms with Crippen LogP contribution in [-0.4, -0.2) is 18.2 Å². The summed E-state index contributed by atoms with van der Waals surface area (Å²) in [4.78, 5) is 11.0. The molecule has 1 atom stereocenters. The number of rotatable bonds is 5. The Labute approximate surface area is 110 Å². The molecule has 1 rings (SSSR count). The van der Waals surface area contributed by atoms with E-state index in [-0.39, 0.29) is 17.7 Å². The molecule has 3 N–H and O–H groups in total. The third-order valence-corrected chi connectivity index (χ3v) is 2.97. The zero-order chi connectivity index (χ0) is 14.8. The van der Waals surface area contributed by atoms with Gasteiger partial charge in [-0.1, -0.05) is 0 Å². The predicted octanol–water partition coefficient (Wildman–Crippen LogP) is 2.47. The normalized spacial score (nSPS) is 13.2. The van der Waals surface area contributed by atoms with Crippen molar-refractivity contribution in [3.8, 4) is 5.75 Å². The summed E-state index contributed by atoms with van der Waals surface area (Å²) in [5.74, 6) is -2.71. The number of nitrogens with two attached hydrogens (primary N) is 1. The summed E-state index contributed by atoms with van der Waals surface area (Å²) in [6.45, 7) is 2.91. The van der Waals surface area contributed by atoms with Crippen LogP contribution in [0.15, 0.2) is 12.1 Å². The van der Waals surface area contributed by atoms with Crippen LogP contribution >= 0.6 is 0 Å². The molecule has 0 amide bonds. The summed E-state index contributed by atoms with van der Waals surface area (Å²) >= 11 is 0. The highest BCUT2D eigenvalue weighted by Crippen LogP contribution is 2.32. The lowest BCUT2D eigenvalue weighted by Gasteiger charge is -2.24. The molecular formula is C13H17F2NO3. The van der Waals surface area contributed by atoms with E-state index in [0.29, 0.717) is 0 Å². The molecule has 0 aliphatic carbocycles. The summed E-state index contributed by atoms with van der Waals surface area (Å²) in [6, 6.07) is 0.995. The molecule has 0 aromatic heterocycles. The lowest BCUT2D eigenvalue weighted by atomic mass is 9.83. The van der Waals surface area contributed by atoms with Crippen LogP contribution in [0.2, 0.25) is 0 Å². The van der Waals surface area contributed by atoms with Gasteiger partial charge in [0.25, 0.3) is 0 Å². The molecular weight excluding hydrogens is 256 g/mol. The van der Waals surface area contributed by atoms with Crippen LogP contribution in [0.3, 0.4) is 0 Å². The van der Waals surface area contributed by atoms with Gasteiger partial charge < -0.3 is 15.6 Å². The van der Waals surface area contributed by atoms with Crippen molar-refractivity contribution in [1.29, 1.82) is 0 Å². The van der Waals surface area contributed by atoms with E-state index in [1.807, 2.05) is 0 Å². The summed E-state index contributed by atoms with van der Waals surface area (Å²) in [7, 11) is 1.29. The number of carbonyl (C=O) groups is 1. The second-order valence-corrected chi connectivity index (χ2v) is 5.00. The minimum absolute atomic E-state index is 0.0449. The number of benzene rings is 1. The van der Waals surface area contributed by atoms with Crippen LogP contribution in [-0.2, 0) is 4.79 Å². The van der Waals surface area contributed by atoms with Crippen molar-refractivity contribution in [2.24, 2.45) is 11.1 Å². The van der Waals surface area contributed by atoms with Crippen molar-refractivity contribution in [3.05, 3.63) is 29.3 Å². The van der Waals surface area contributed by atoms with Gasteiger partial charge in [0, 0.05) is 23.7 Å². The van der Waals surface area contributed by atoms with Crippen LogP contribution in [0.4, 0.5) is 8.78 Å². The first-order chi connectivity index (χ1) is 8.69. The van der Waals surface area contributed by atoms with Gasteiger partial charge in [-0.05, 0) is 20.3 Å². The van der Waals surface area contributed by atoms with Gasteiger partial charge in [-0.15, -0.1) is 0 Å². The van der Waals surface area contributed by atoms with Gasteiger partial charge in [-0.3, -0.25) is 4.79 Å². The van der Waals surface area contributed by atoms with E-state index in [1.54, 1.807) is 0 Å². The molecule has 0 saturated carbocycles. The standard InChI is InChI=1S/C13H17F2NO3/c1-13(2,12(17)18)6-10(16)11-8(14)4-7(19-3)5-9(11)15/h4-5,10H,6,16H2,1-3H3,(H,17,18). The zero-order valence-corrected chi connectivity index (χ0v) is 11.0. The number of halogens is 2. The highest BCUT2D eigenvalue weighted by atomic mass is 19.1. The summed E-state index contributed by atoms with van der Waals surface area (Å²) < 4.78 is 32.3. The topological polar surface area (TPSA) is 72.5 Å². The highest BCUT2D eigenvalue weighted by Gasteiger charge is 2.32. The third kappa shape index (κ3) is 3.41. The first kappa shape index (κ1) is 15.4. The number of aliphatic carboxylic acids is 1. The Morgan fingerprint density at radius 1 is 1.42 bits per heavy atom. The smallest absolute Gasteiger partial charge is 0.309 e. The van der Waals surface area contributed by atoms with E-state index in [4.69, 9.17) is 15.6 Å². The molecule has 0 radical (unpaired) electrons. The fourth-order valence-corrected chi connectivity index (χ4v) is 1.77. The van der Waals surface area contributed by atoms with E-state index in [1.165, 1.54) is 21.0 Å². The number of carboxylic acids is 1. The largest absolute Gasteiger partial charge is 0.497 e. The molecule has 0 spiro atoms. The quantitative estimate of drug-likeness (QED) is 0.864. The first-order valence-electron chi connectivity index (χ1n) is 5.71. The molecule has 0 aliphatic rings. The van der Waals surface area contributed by atoms with Gasteiger partial charge in [0.05, 0.1) is 12.5 Å². The Hall–Kier alpha value is -1.69. The Balaban J connectivity index is 3.07.